The number of hydrogen-bond donors (Lipinski definition) is 2. The molecule has 0 unspecified atom stereocenters. The predicted octanol–water partition coefficient (Wildman–Crippen LogP) is 5.09. The number of carbonyl (C=O) groups excluding carboxylic acids is 2. The summed E-state index contributed by atoms with van der Waals surface area (Å²) >= 11 is 3.34. The van der Waals surface area contributed by atoms with Crippen LogP contribution >= 0.6 is 15.9 Å². The molecule has 0 saturated heterocycles. The van der Waals surface area contributed by atoms with Crippen LogP contribution in [0.3, 0.4) is 0 Å². The van der Waals surface area contributed by atoms with Gasteiger partial charge in [-0.25, -0.2) is 4.39 Å². The molecule has 0 aliphatic carbocycles. The summed E-state index contributed by atoms with van der Waals surface area (Å²) in [6.07, 6.45) is 0. The quantitative estimate of drug-likeness (QED) is 0.626. The Hall–Kier alpha value is -2.99. The van der Waals surface area contributed by atoms with E-state index in [2.05, 4.69) is 26.6 Å². The molecule has 0 saturated carbocycles. The van der Waals surface area contributed by atoms with Gasteiger partial charge in [0.2, 0.25) is 0 Å². The molecule has 0 spiro atoms. The number of anilines is 2. The van der Waals surface area contributed by atoms with Gasteiger partial charge in [-0.05, 0) is 64.5 Å². The summed E-state index contributed by atoms with van der Waals surface area (Å²) in [7, 11) is 0. The van der Waals surface area contributed by atoms with Gasteiger partial charge >= 0.3 is 0 Å². The fraction of sp³-hybridized carbons (Fsp3) is 0. The van der Waals surface area contributed by atoms with Crippen molar-refractivity contribution in [2.75, 3.05) is 10.6 Å². The lowest BCUT2D eigenvalue weighted by molar-refractivity contribution is 0.102. The maximum absolute atomic E-state index is 13.0. The Morgan fingerprint density at radius 3 is 2.00 bits per heavy atom. The molecule has 0 bridgehead atoms. The molecular weight excluding hydrogens is 399 g/mol. The summed E-state index contributed by atoms with van der Waals surface area (Å²) < 4.78 is 13.6. The van der Waals surface area contributed by atoms with Crippen molar-refractivity contribution in [1.82, 2.24) is 0 Å². The Morgan fingerprint density at radius 1 is 0.731 bits per heavy atom. The second-order valence-corrected chi connectivity index (χ2v) is 6.29. The highest BCUT2D eigenvalue weighted by molar-refractivity contribution is 9.10. The van der Waals surface area contributed by atoms with E-state index < -0.39 is 5.91 Å². The van der Waals surface area contributed by atoms with Gasteiger partial charge in [0.05, 0.1) is 16.8 Å². The van der Waals surface area contributed by atoms with Crippen LogP contribution in [0.1, 0.15) is 20.7 Å². The molecule has 130 valence electrons. The number of carbonyl (C=O) groups is 2. The summed E-state index contributed by atoms with van der Waals surface area (Å²) in [6.45, 7) is 0. The number of amides is 2. The first-order valence-electron chi connectivity index (χ1n) is 7.76. The molecule has 2 amide bonds. The highest BCUT2D eigenvalue weighted by Crippen LogP contribution is 2.21. The van der Waals surface area contributed by atoms with E-state index in [1.165, 1.54) is 24.3 Å². The molecule has 0 aromatic heterocycles. The van der Waals surface area contributed by atoms with Gasteiger partial charge in [0.25, 0.3) is 11.8 Å². The van der Waals surface area contributed by atoms with E-state index in [0.717, 1.165) is 0 Å². The van der Waals surface area contributed by atoms with Gasteiger partial charge in [0.1, 0.15) is 5.82 Å². The van der Waals surface area contributed by atoms with Crippen LogP contribution in [0.2, 0.25) is 0 Å². The lowest BCUT2D eigenvalue weighted by Crippen LogP contribution is -2.18. The van der Waals surface area contributed by atoms with Crippen LogP contribution in [0, 0.1) is 5.82 Å². The Morgan fingerprint density at radius 2 is 1.31 bits per heavy atom. The Kier molecular flexibility index (Phi) is 5.43. The molecule has 0 radical (unpaired) electrons. The van der Waals surface area contributed by atoms with Crippen LogP contribution in [0.15, 0.2) is 77.3 Å². The van der Waals surface area contributed by atoms with E-state index >= 15 is 0 Å². The van der Waals surface area contributed by atoms with Gasteiger partial charge in [-0.1, -0.05) is 24.3 Å². The number of para-hydroxylation sites is 1. The third kappa shape index (κ3) is 4.15. The van der Waals surface area contributed by atoms with Crippen molar-refractivity contribution in [1.29, 1.82) is 0 Å². The molecule has 26 heavy (non-hydrogen) atoms. The zero-order chi connectivity index (χ0) is 18.5. The van der Waals surface area contributed by atoms with Crippen LogP contribution in [-0.4, -0.2) is 11.8 Å². The fourth-order valence-corrected chi connectivity index (χ4v) is 2.82. The van der Waals surface area contributed by atoms with Crippen molar-refractivity contribution in [3.63, 3.8) is 0 Å². The van der Waals surface area contributed by atoms with E-state index in [-0.39, 0.29) is 11.7 Å². The number of nitrogens with one attached hydrogen (secondary N) is 2. The fourth-order valence-electron chi connectivity index (χ4n) is 2.36. The van der Waals surface area contributed by atoms with Crippen molar-refractivity contribution in [2.24, 2.45) is 0 Å². The summed E-state index contributed by atoms with van der Waals surface area (Å²) in [5.41, 5.74) is 1.61. The average Bonchev–Trinajstić information content (AvgIpc) is 2.64. The molecule has 3 aromatic rings. The molecule has 0 atom stereocenters. The van der Waals surface area contributed by atoms with Gasteiger partial charge in [-0.15, -0.1) is 0 Å². The molecule has 2 N–H and O–H groups in total. The minimum atomic E-state index is -0.403. The van der Waals surface area contributed by atoms with Crippen LogP contribution in [0.25, 0.3) is 0 Å². The Balaban J connectivity index is 1.81. The number of rotatable bonds is 4. The van der Waals surface area contributed by atoms with Crippen molar-refractivity contribution >= 4 is 39.1 Å². The van der Waals surface area contributed by atoms with Crippen molar-refractivity contribution in [2.45, 2.75) is 0 Å². The summed E-state index contributed by atoms with van der Waals surface area (Å²) in [5.74, 6) is -1.12. The molecular formula is C20H14BrFN2O2. The lowest BCUT2D eigenvalue weighted by Gasteiger charge is -2.12. The van der Waals surface area contributed by atoms with Crippen LogP contribution in [-0.2, 0) is 0 Å². The van der Waals surface area contributed by atoms with Gasteiger partial charge < -0.3 is 10.6 Å². The van der Waals surface area contributed by atoms with Crippen LogP contribution < -0.4 is 10.6 Å². The topological polar surface area (TPSA) is 58.2 Å². The smallest absolute Gasteiger partial charge is 0.257 e. The summed E-state index contributed by atoms with van der Waals surface area (Å²) in [5, 5.41) is 5.44. The third-order valence-electron chi connectivity index (χ3n) is 3.64. The van der Waals surface area contributed by atoms with Gasteiger partial charge in [0, 0.05) is 10.2 Å². The molecule has 0 aliphatic rings. The van der Waals surface area contributed by atoms with E-state index in [1.807, 2.05) is 6.07 Å². The zero-order valence-corrected chi connectivity index (χ0v) is 15.1. The second-order valence-electron chi connectivity index (χ2n) is 5.44. The molecule has 6 heteroatoms. The van der Waals surface area contributed by atoms with Crippen molar-refractivity contribution < 1.29 is 14.0 Å². The molecule has 3 rings (SSSR count). The van der Waals surface area contributed by atoms with E-state index in [1.54, 1.807) is 42.5 Å². The molecule has 3 aromatic carbocycles. The number of hydrogen-bond acceptors (Lipinski definition) is 2. The lowest BCUT2D eigenvalue weighted by atomic mass is 10.1. The van der Waals surface area contributed by atoms with Gasteiger partial charge in [-0.3, -0.25) is 9.59 Å². The first-order chi connectivity index (χ1) is 12.5. The van der Waals surface area contributed by atoms with E-state index in [0.29, 0.717) is 27.0 Å². The van der Waals surface area contributed by atoms with Crippen LogP contribution in [0.4, 0.5) is 15.8 Å². The minimum Gasteiger partial charge on any atom is -0.322 e. The summed E-state index contributed by atoms with van der Waals surface area (Å²) in [4.78, 5) is 25.0. The largest absolute Gasteiger partial charge is 0.322 e. The molecule has 0 aliphatic heterocycles. The van der Waals surface area contributed by atoms with E-state index in [4.69, 9.17) is 0 Å². The predicted molar refractivity (Wildman–Crippen MR) is 103 cm³/mol. The first-order valence-corrected chi connectivity index (χ1v) is 8.56. The van der Waals surface area contributed by atoms with Gasteiger partial charge in [0.15, 0.2) is 0 Å². The second kappa shape index (κ2) is 7.93. The molecule has 4 nitrogen and oxygen atoms in total. The maximum Gasteiger partial charge on any atom is 0.257 e. The van der Waals surface area contributed by atoms with E-state index in [9.17, 15) is 14.0 Å². The van der Waals surface area contributed by atoms with Crippen LogP contribution in [0.5, 0.6) is 0 Å². The third-order valence-corrected chi connectivity index (χ3v) is 4.33. The van der Waals surface area contributed by atoms with Crippen molar-refractivity contribution in [3.05, 3.63) is 94.2 Å². The SMILES string of the molecule is O=C(Nc1ccccc1C(=O)Nc1ccc(F)cc1)c1ccccc1Br. The number of halogens is 2. The zero-order valence-electron chi connectivity index (χ0n) is 13.5. The van der Waals surface area contributed by atoms with Crippen molar-refractivity contribution in [3.8, 4) is 0 Å². The highest BCUT2D eigenvalue weighted by atomic mass is 79.9. The molecule has 0 fully saturated rings. The highest BCUT2D eigenvalue weighted by Gasteiger charge is 2.15. The first kappa shape index (κ1) is 17.8. The Bertz CT molecular complexity index is 958. The summed E-state index contributed by atoms with van der Waals surface area (Å²) in [6, 6.07) is 19.2. The maximum atomic E-state index is 13.0. The van der Waals surface area contributed by atoms with Gasteiger partial charge in [-0.2, -0.15) is 0 Å². The molecule has 0 heterocycles. The Labute approximate surface area is 158 Å². The minimum absolute atomic E-state index is 0.303. The number of benzene rings is 3. The monoisotopic (exact) mass is 412 g/mol. The standard InChI is InChI=1S/C20H14BrFN2O2/c21-17-7-3-1-5-15(17)19(25)24-18-8-4-2-6-16(18)20(26)23-14-11-9-13(22)10-12-14/h1-12H,(H,23,26)(H,24,25). The normalized spacial score (nSPS) is 10.2. The average molecular weight is 413 g/mol.